The van der Waals surface area contributed by atoms with E-state index in [0.717, 1.165) is 0 Å². The van der Waals surface area contributed by atoms with Crippen LogP contribution in [-0.4, -0.2) is 0 Å². The molecule has 0 atom stereocenters. The van der Waals surface area contributed by atoms with Crippen molar-refractivity contribution in [3.05, 3.63) is 45.1 Å². The quantitative estimate of drug-likeness (QED) is 0.922. The van der Waals surface area contributed by atoms with Gasteiger partial charge in [-0.1, -0.05) is 0 Å². The van der Waals surface area contributed by atoms with Crippen molar-refractivity contribution in [1.29, 1.82) is 0 Å². The Morgan fingerprint density at radius 3 is 1.64 bits per heavy atom. The van der Waals surface area contributed by atoms with Crippen LogP contribution in [0.25, 0.3) is 0 Å². The molecule has 2 N–H and O–H groups in total. The molecule has 0 unspecified atom stereocenters. The van der Waals surface area contributed by atoms with Crippen LogP contribution in [0.4, 0.5) is 0 Å². The van der Waals surface area contributed by atoms with E-state index in [2.05, 4.69) is 31.9 Å². The second-order valence-corrected chi connectivity index (χ2v) is 4.32. The molecule has 0 saturated carbocycles. The van der Waals surface area contributed by atoms with E-state index < -0.39 is 0 Å². The molecule has 0 spiro atoms. The number of rotatable bonds is 2. The monoisotopic (exact) mass is 319 g/mol. The third-order valence-electron chi connectivity index (χ3n) is 1.80. The van der Waals surface area contributed by atoms with Crippen LogP contribution in [0.15, 0.2) is 42.4 Å². The second-order valence-electron chi connectivity index (χ2n) is 2.76. The van der Waals surface area contributed by atoms with Gasteiger partial charge in [0, 0.05) is 0 Å². The zero-order chi connectivity index (χ0) is 10.1. The molecule has 0 saturated heterocycles. The fourth-order valence-electron chi connectivity index (χ4n) is 1.13. The van der Waals surface area contributed by atoms with E-state index in [1.54, 1.807) is 12.1 Å². The Kier molecular flexibility index (Phi) is 2.80. The number of furan rings is 2. The van der Waals surface area contributed by atoms with Crippen LogP contribution < -0.4 is 5.73 Å². The van der Waals surface area contributed by atoms with Gasteiger partial charge in [0.2, 0.25) is 0 Å². The average Bonchev–Trinajstić information content (AvgIpc) is 2.73. The molecule has 2 aromatic rings. The lowest BCUT2D eigenvalue weighted by atomic mass is 10.2. The van der Waals surface area contributed by atoms with Crippen LogP contribution in [0, 0.1) is 0 Å². The average molecular weight is 321 g/mol. The summed E-state index contributed by atoms with van der Waals surface area (Å²) in [5.41, 5.74) is 5.91. The predicted molar refractivity (Wildman–Crippen MR) is 58.8 cm³/mol. The highest BCUT2D eigenvalue weighted by molar-refractivity contribution is 9.10. The van der Waals surface area contributed by atoms with E-state index in [-0.39, 0.29) is 6.04 Å². The van der Waals surface area contributed by atoms with Crippen LogP contribution in [0.3, 0.4) is 0 Å². The van der Waals surface area contributed by atoms with Crippen molar-refractivity contribution in [2.24, 2.45) is 5.73 Å². The van der Waals surface area contributed by atoms with Crippen LogP contribution in [0.1, 0.15) is 17.6 Å². The molecule has 0 aliphatic heterocycles. The number of halogens is 2. The molecule has 0 aliphatic carbocycles. The molecule has 0 radical (unpaired) electrons. The molecular weight excluding hydrogens is 314 g/mol. The predicted octanol–water partition coefficient (Wildman–Crippen LogP) is 3.45. The molecule has 5 heteroatoms. The van der Waals surface area contributed by atoms with Gasteiger partial charge in [0.1, 0.15) is 17.6 Å². The zero-order valence-electron chi connectivity index (χ0n) is 7.04. The van der Waals surface area contributed by atoms with E-state index in [1.807, 2.05) is 12.1 Å². The lowest BCUT2D eigenvalue weighted by Crippen LogP contribution is -2.09. The SMILES string of the molecule is NC(c1ccc(Br)o1)c1ccc(Br)o1. The Hall–Kier alpha value is -0.520. The first kappa shape index (κ1) is 10.0. The lowest BCUT2D eigenvalue weighted by Gasteiger charge is -2.03. The van der Waals surface area contributed by atoms with Crippen LogP contribution in [-0.2, 0) is 0 Å². The Balaban J connectivity index is 2.28. The van der Waals surface area contributed by atoms with Crippen LogP contribution >= 0.6 is 31.9 Å². The van der Waals surface area contributed by atoms with Gasteiger partial charge in [-0.2, -0.15) is 0 Å². The second kappa shape index (κ2) is 3.92. The Bertz CT molecular complexity index is 395. The highest BCUT2D eigenvalue weighted by Crippen LogP contribution is 2.26. The number of hydrogen-bond acceptors (Lipinski definition) is 3. The first-order valence-electron chi connectivity index (χ1n) is 3.93. The zero-order valence-corrected chi connectivity index (χ0v) is 10.2. The summed E-state index contributed by atoms with van der Waals surface area (Å²) in [5, 5.41) is 0. The fraction of sp³-hybridized carbons (Fsp3) is 0.111. The van der Waals surface area contributed by atoms with Crippen molar-refractivity contribution < 1.29 is 8.83 Å². The van der Waals surface area contributed by atoms with E-state index in [4.69, 9.17) is 14.6 Å². The van der Waals surface area contributed by atoms with Gasteiger partial charge >= 0.3 is 0 Å². The van der Waals surface area contributed by atoms with Gasteiger partial charge in [-0.15, -0.1) is 0 Å². The summed E-state index contributed by atoms with van der Waals surface area (Å²) in [5.74, 6) is 1.33. The van der Waals surface area contributed by atoms with Gasteiger partial charge in [-0.25, -0.2) is 0 Å². The van der Waals surface area contributed by atoms with E-state index in [1.165, 1.54) is 0 Å². The van der Waals surface area contributed by atoms with E-state index in [0.29, 0.717) is 20.9 Å². The molecule has 0 amide bonds. The van der Waals surface area contributed by atoms with Crippen molar-refractivity contribution in [2.75, 3.05) is 0 Å². The van der Waals surface area contributed by atoms with Crippen LogP contribution in [0.5, 0.6) is 0 Å². The number of hydrogen-bond donors (Lipinski definition) is 1. The maximum atomic E-state index is 5.91. The van der Waals surface area contributed by atoms with Gasteiger partial charge in [-0.05, 0) is 56.1 Å². The molecule has 14 heavy (non-hydrogen) atoms. The Morgan fingerprint density at radius 2 is 1.36 bits per heavy atom. The molecular formula is C9H7Br2NO2. The maximum Gasteiger partial charge on any atom is 0.169 e. The molecule has 74 valence electrons. The summed E-state index contributed by atoms with van der Waals surface area (Å²) in [6.45, 7) is 0. The van der Waals surface area contributed by atoms with E-state index in [9.17, 15) is 0 Å². The van der Waals surface area contributed by atoms with Crippen molar-refractivity contribution >= 4 is 31.9 Å². The van der Waals surface area contributed by atoms with Gasteiger partial charge in [0.05, 0.1) is 0 Å². The summed E-state index contributed by atoms with van der Waals surface area (Å²) in [6, 6.07) is 6.85. The minimum Gasteiger partial charge on any atom is -0.452 e. The normalized spacial score (nSPS) is 11.1. The van der Waals surface area contributed by atoms with Crippen molar-refractivity contribution in [3.8, 4) is 0 Å². The summed E-state index contributed by atoms with van der Waals surface area (Å²) in [4.78, 5) is 0. The van der Waals surface area contributed by atoms with Gasteiger partial charge in [-0.3, -0.25) is 0 Å². The summed E-state index contributed by atoms with van der Waals surface area (Å²) in [7, 11) is 0. The smallest absolute Gasteiger partial charge is 0.169 e. The summed E-state index contributed by atoms with van der Waals surface area (Å²) < 4.78 is 12.0. The first-order chi connectivity index (χ1) is 6.66. The third kappa shape index (κ3) is 1.94. The van der Waals surface area contributed by atoms with Crippen molar-refractivity contribution in [3.63, 3.8) is 0 Å². The Morgan fingerprint density at radius 1 is 0.929 bits per heavy atom. The van der Waals surface area contributed by atoms with Gasteiger partial charge < -0.3 is 14.6 Å². The van der Waals surface area contributed by atoms with Gasteiger partial charge in [0.25, 0.3) is 0 Å². The summed E-state index contributed by atoms with van der Waals surface area (Å²) >= 11 is 6.43. The largest absolute Gasteiger partial charge is 0.452 e. The molecule has 2 heterocycles. The molecule has 2 aromatic heterocycles. The van der Waals surface area contributed by atoms with Crippen molar-refractivity contribution in [1.82, 2.24) is 0 Å². The highest BCUT2D eigenvalue weighted by atomic mass is 79.9. The molecule has 3 nitrogen and oxygen atoms in total. The highest BCUT2D eigenvalue weighted by Gasteiger charge is 2.16. The lowest BCUT2D eigenvalue weighted by molar-refractivity contribution is 0.415. The molecule has 2 rings (SSSR count). The topological polar surface area (TPSA) is 52.3 Å². The van der Waals surface area contributed by atoms with Gasteiger partial charge in [0.15, 0.2) is 9.34 Å². The minimum absolute atomic E-state index is 0.368. The standard InChI is InChI=1S/C9H7Br2NO2/c10-7-3-1-5(13-7)9(12)6-2-4-8(11)14-6/h1-4,9H,12H2. The summed E-state index contributed by atoms with van der Waals surface area (Å²) in [6.07, 6.45) is 0. The Labute approximate surface area is 97.5 Å². The molecule has 0 bridgehead atoms. The first-order valence-corrected chi connectivity index (χ1v) is 5.51. The third-order valence-corrected chi connectivity index (χ3v) is 2.65. The van der Waals surface area contributed by atoms with Crippen LogP contribution in [0.2, 0.25) is 0 Å². The number of nitrogens with two attached hydrogens (primary N) is 1. The fourth-order valence-corrected chi connectivity index (χ4v) is 1.77. The molecule has 0 aromatic carbocycles. The molecule has 0 fully saturated rings. The van der Waals surface area contributed by atoms with Crippen molar-refractivity contribution in [2.45, 2.75) is 6.04 Å². The van der Waals surface area contributed by atoms with E-state index >= 15 is 0 Å². The maximum absolute atomic E-state index is 5.91. The minimum atomic E-state index is -0.368. The molecule has 0 aliphatic rings.